The molecule has 47 heavy (non-hydrogen) atoms. The Kier molecular flexibility index (Phi) is 11.1. The van der Waals surface area contributed by atoms with Gasteiger partial charge in [-0.2, -0.15) is 20.9 Å². The highest BCUT2D eigenvalue weighted by Gasteiger charge is 2.26. The second-order valence-electron chi connectivity index (χ2n) is 10.3. The Morgan fingerprint density at radius 1 is 0.702 bits per heavy atom. The summed E-state index contributed by atoms with van der Waals surface area (Å²) in [6.07, 6.45) is 8.12. The number of aromatic nitrogens is 6. The Labute approximate surface area is 280 Å². The van der Waals surface area contributed by atoms with Crippen molar-refractivity contribution in [3.63, 3.8) is 0 Å². The van der Waals surface area contributed by atoms with E-state index in [1.165, 1.54) is 0 Å². The van der Waals surface area contributed by atoms with Crippen LogP contribution in [0.1, 0.15) is 29.6 Å². The molecule has 10 nitrogen and oxygen atoms in total. The molecule has 0 saturated carbocycles. The number of hydrogen-bond donors (Lipinski definition) is 1. The average molecular weight is 680 g/mol. The van der Waals surface area contributed by atoms with Crippen molar-refractivity contribution in [2.24, 2.45) is 0 Å². The maximum Gasteiger partial charge on any atom is 0.199 e. The summed E-state index contributed by atoms with van der Waals surface area (Å²) in [6.45, 7) is 1.47. The number of hydrogen-bond acceptors (Lipinski definition) is 9. The molecule has 5 heterocycles. The number of nitrogens with one attached hydrogen (secondary N) is 1. The van der Waals surface area contributed by atoms with E-state index in [2.05, 4.69) is 64.4 Å². The van der Waals surface area contributed by atoms with Gasteiger partial charge in [0.05, 0.1) is 0 Å². The number of nitrogens with zero attached hydrogens (tertiary/aromatic N) is 9. The number of halogens is 1. The molecule has 0 spiro atoms. The molecule has 0 bridgehead atoms. The van der Waals surface area contributed by atoms with Crippen LogP contribution in [0.3, 0.4) is 0 Å². The number of pyridine rings is 3. The topological polar surface area (TPSA) is 155 Å². The number of H-pyrrole nitrogens is 1. The lowest BCUT2D eigenvalue weighted by Crippen LogP contribution is -2.13. The average Bonchev–Trinajstić information content (AvgIpc) is 3.84. The zero-order valence-electron chi connectivity index (χ0n) is 25.1. The van der Waals surface area contributed by atoms with Gasteiger partial charge in [-0.25, -0.2) is 15.0 Å². The minimum Gasteiger partial charge on any atom is -0.310 e. The lowest BCUT2D eigenvalue weighted by Gasteiger charge is -2.05. The first-order valence-electron chi connectivity index (χ1n) is 14.6. The van der Waals surface area contributed by atoms with Gasteiger partial charge in [0.25, 0.3) is 0 Å². The van der Waals surface area contributed by atoms with E-state index in [-0.39, 0.29) is 5.92 Å². The molecule has 11 heteroatoms. The van der Waals surface area contributed by atoms with E-state index in [0.29, 0.717) is 23.8 Å². The van der Waals surface area contributed by atoms with Crippen LogP contribution in [0.25, 0.3) is 33.8 Å². The first-order valence-corrected chi connectivity index (χ1v) is 15.4. The normalized spacial score (nSPS) is 13.1. The molecule has 1 atom stereocenters. The van der Waals surface area contributed by atoms with Crippen molar-refractivity contribution in [2.75, 3.05) is 13.1 Å². The second-order valence-corrected chi connectivity index (χ2v) is 11.2. The lowest BCUT2D eigenvalue weighted by molar-refractivity contribution is 0.476. The summed E-state index contributed by atoms with van der Waals surface area (Å²) in [5.74, 6) is 1.65. The third-order valence-corrected chi connectivity index (χ3v) is 7.63. The van der Waals surface area contributed by atoms with Gasteiger partial charge in [-0.05, 0) is 65.1 Å². The van der Waals surface area contributed by atoms with E-state index in [1.807, 2.05) is 78.9 Å². The van der Waals surface area contributed by atoms with Gasteiger partial charge in [0.2, 0.25) is 0 Å². The summed E-state index contributed by atoms with van der Waals surface area (Å²) >= 11 is 3.21. The Hall–Kier alpha value is -6.22. The van der Waals surface area contributed by atoms with Gasteiger partial charge in [-0.3, -0.25) is 10.1 Å². The van der Waals surface area contributed by atoms with Gasteiger partial charge in [-0.1, -0.05) is 76.6 Å². The fourth-order valence-corrected chi connectivity index (χ4v) is 5.11. The van der Waals surface area contributed by atoms with Crippen LogP contribution in [-0.2, 0) is 0 Å². The van der Waals surface area contributed by atoms with Crippen molar-refractivity contribution in [1.82, 2.24) is 35.0 Å². The van der Waals surface area contributed by atoms with Crippen molar-refractivity contribution in [1.29, 1.82) is 15.8 Å². The fraction of sp³-hybridized carbons (Fsp3) is 0.111. The van der Waals surface area contributed by atoms with Gasteiger partial charge in [0.1, 0.15) is 35.0 Å². The van der Waals surface area contributed by atoms with Gasteiger partial charge in [0, 0.05) is 42.1 Å². The molecular formula is C36H27BrN10. The highest BCUT2D eigenvalue weighted by Crippen LogP contribution is 2.27. The molecule has 228 valence electrons. The number of nitriles is 3. The molecule has 1 aliphatic rings. The van der Waals surface area contributed by atoms with Crippen molar-refractivity contribution in [3.8, 4) is 52.1 Å². The highest BCUT2D eigenvalue weighted by atomic mass is 79.9. The van der Waals surface area contributed by atoms with Crippen LogP contribution in [0.15, 0.2) is 120 Å². The van der Waals surface area contributed by atoms with Gasteiger partial charge in [0.15, 0.2) is 12.0 Å². The minimum absolute atomic E-state index is 0.225. The van der Waals surface area contributed by atoms with Crippen molar-refractivity contribution in [2.45, 2.75) is 12.3 Å². The molecule has 1 fully saturated rings. The molecule has 1 saturated heterocycles. The van der Waals surface area contributed by atoms with E-state index in [0.717, 1.165) is 51.2 Å². The van der Waals surface area contributed by atoms with Gasteiger partial charge in [-0.15, -0.1) is 0 Å². The Bertz CT molecular complexity index is 2040. The van der Waals surface area contributed by atoms with E-state index in [1.54, 1.807) is 41.7 Å². The Balaban J connectivity index is 0.000000159. The van der Waals surface area contributed by atoms with Crippen LogP contribution in [-0.4, -0.2) is 48.1 Å². The molecule has 7 rings (SSSR count). The molecule has 2 aromatic carbocycles. The summed E-state index contributed by atoms with van der Waals surface area (Å²) in [7, 11) is 0. The summed E-state index contributed by atoms with van der Waals surface area (Å²) in [4.78, 5) is 18.4. The summed E-state index contributed by atoms with van der Waals surface area (Å²) in [6, 6.07) is 35.2. The van der Waals surface area contributed by atoms with Crippen molar-refractivity contribution in [3.05, 3.63) is 137 Å². The zero-order chi connectivity index (χ0) is 32.8. The summed E-state index contributed by atoms with van der Waals surface area (Å²) in [5, 5.41) is 33.3. The largest absolute Gasteiger partial charge is 0.310 e. The molecule has 0 radical (unpaired) electrons. The zero-order valence-corrected chi connectivity index (χ0v) is 26.7. The quantitative estimate of drug-likeness (QED) is 0.191. The van der Waals surface area contributed by atoms with Crippen LogP contribution in [0.5, 0.6) is 0 Å². The Morgan fingerprint density at radius 3 is 1.87 bits per heavy atom. The Morgan fingerprint density at radius 2 is 1.30 bits per heavy atom. The van der Waals surface area contributed by atoms with E-state index >= 15 is 0 Å². The van der Waals surface area contributed by atoms with Crippen LogP contribution in [0.4, 0.5) is 0 Å². The number of benzene rings is 2. The van der Waals surface area contributed by atoms with Crippen LogP contribution in [0.2, 0.25) is 0 Å². The number of rotatable bonds is 4. The smallest absolute Gasteiger partial charge is 0.199 e. The molecule has 0 amide bonds. The van der Waals surface area contributed by atoms with Crippen molar-refractivity contribution < 1.29 is 0 Å². The second kappa shape index (κ2) is 16.2. The van der Waals surface area contributed by atoms with Crippen LogP contribution < -0.4 is 0 Å². The molecule has 1 N–H and O–H groups in total. The van der Waals surface area contributed by atoms with Crippen molar-refractivity contribution >= 4 is 15.9 Å². The SMILES string of the molecule is N#CN1CCC(c2nc(-c3cc(-c4ccccc4)ccn3)n[nH]2)C1.N#Cc1cc(-c2ccccc2)ccn1.N#Cc1cc(Br)ccn1. The third kappa shape index (κ3) is 8.92. The lowest BCUT2D eigenvalue weighted by atomic mass is 10.1. The molecule has 1 aliphatic heterocycles. The third-order valence-electron chi connectivity index (χ3n) is 7.13. The number of likely N-dealkylation sites (tertiary alicyclic amines) is 1. The first-order chi connectivity index (χ1) is 23.1. The molecule has 1 unspecified atom stereocenters. The predicted molar refractivity (Wildman–Crippen MR) is 181 cm³/mol. The maximum absolute atomic E-state index is 8.97. The maximum atomic E-state index is 8.97. The van der Waals surface area contributed by atoms with Crippen LogP contribution in [0, 0.1) is 34.1 Å². The highest BCUT2D eigenvalue weighted by molar-refractivity contribution is 9.10. The van der Waals surface area contributed by atoms with Crippen LogP contribution >= 0.6 is 15.9 Å². The van der Waals surface area contributed by atoms with Gasteiger partial charge < -0.3 is 4.90 Å². The number of aromatic amines is 1. The van der Waals surface area contributed by atoms with Gasteiger partial charge >= 0.3 is 0 Å². The predicted octanol–water partition coefficient (Wildman–Crippen LogP) is 7.14. The summed E-state index contributed by atoms with van der Waals surface area (Å²) in [5.41, 5.74) is 5.98. The monoisotopic (exact) mass is 678 g/mol. The van der Waals surface area contributed by atoms with E-state index < -0.39 is 0 Å². The first kappa shape index (κ1) is 32.2. The molecule has 4 aromatic heterocycles. The van der Waals surface area contributed by atoms with E-state index in [4.69, 9.17) is 15.8 Å². The van der Waals surface area contributed by atoms with E-state index in [9.17, 15) is 0 Å². The molecule has 6 aromatic rings. The summed E-state index contributed by atoms with van der Waals surface area (Å²) < 4.78 is 0.883. The molecular weight excluding hydrogens is 652 g/mol. The minimum atomic E-state index is 0.225. The standard InChI is InChI=1S/C18H16N6.C12H8N2.C6H3BrN2/c19-12-24-9-7-15(11-24)17-21-18(23-22-17)16-10-14(6-8-20-16)13-4-2-1-3-5-13;13-9-12-8-11(6-7-14-12)10-4-2-1-3-5-10;7-5-1-2-9-6(3-5)4-8/h1-6,8,10,15H,7,9,11H2,(H,21,22,23);1-8H;1-3H. The fourth-order valence-electron chi connectivity index (χ4n) is 4.78. The molecule has 0 aliphatic carbocycles.